The fourth-order valence-corrected chi connectivity index (χ4v) is 7.02. The molecule has 0 aromatic heterocycles. The summed E-state index contributed by atoms with van der Waals surface area (Å²) >= 11 is 0. The topological polar surface area (TPSA) is 110 Å². The summed E-state index contributed by atoms with van der Waals surface area (Å²) in [5.41, 5.74) is 2.61. The lowest BCUT2D eigenvalue weighted by Crippen LogP contribution is -2.51. The van der Waals surface area contributed by atoms with E-state index in [2.05, 4.69) is 5.32 Å². The van der Waals surface area contributed by atoms with Crippen molar-refractivity contribution in [3.63, 3.8) is 0 Å². The van der Waals surface area contributed by atoms with Crippen molar-refractivity contribution in [3.05, 3.63) is 141 Å². The van der Waals surface area contributed by atoms with E-state index in [1.165, 1.54) is 24.3 Å². The number of carbonyl (C=O) groups is 3. The fourth-order valence-electron chi connectivity index (χ4n) is 7.02. The summed E-state index contributed by atoms with van der Waals surface area (Å²) in [6.45, 7) is 1.98. The van der Waals surface area contributed by atoms with Gasteiger partial charge in [-0.25, -0.2) is 0 Å². The summed E-state index contributed by atoms with van der Waals surface area (Å²) in [7, 11) is 0. The van der Waals surface area contributed by atoms with Gasteiger partial charge in [0.05, 0.1) is 16.9 Å². The van der Waals surface area contributed by atoms with Crippen molar-refractivity contribution >= 4 is 40.6 Å². The highest BCUT2D eigenvalue weighted by atomic mass is 16.6. The number of rotatable bonds is 5. The van der Waals surface area contributed by atoms with Crippen molar-refractivity contribution in [3.8, 4) is 0 Å². The number of non-ortho nitro benzene ring substituents is 1. The second kappa shape index (κ2) is 9.34. The van der Waals surface area contributed by atoms with Crippen LogP contribution in [-0.2, 0) is 10.2 Å². The van der Waals surface area contributed by atoms with Gasteiger partial charge in [-0.05, 0) is 36.2 Å². The number of hydrogen-bond acceptors (Lipinski definition) is 6. The van der Waals surface area contributed by atoms with Gasteiger partial charge in [-0.1, -0.05) is 84.4 Å². The Morgan fingerprint density at radius 3 is 2.40 bits per heavy atom. The highest BCUT2D eigenvalue weighted by Gasteiger charge is 2.70. The first-order chi connectivity index (χ1) is 20.3. The number of aryl methyl sites for hydroxylation is 1. The van der Waals surface area contributed by atoms with Crippen molar-refractivity contribution in [1.82, 2.24) is 0 Å². The third-order valence-corrected chi connectivity index (χ3v) is 8.74. The minimum Gasteiger partial charge on any atom is -0.352 e. The Balaban J connectivity index is 1.54. The van der Waals surface area contributed by atoms with E-state index in [9.17, 15) is 24.5 Å². The molecular weight excluding hydrogens is 530 g/mol. The van der Waals surface area contributed by atoms with Crippen LogP contribution < -0.4 is 10.2 Å². The molecule has 0 aliphatic carbocycles. The van der Waals surface area contributed by atoms with E-state index < -0.39 is 34.1 Å². The normalized spacial score (nSPS) is 23.2. The van der Waals surface area contributed by atoms with Crippen LogP contribution in [0.1, 0.15) is 37.4 Å². The van der Waals surface area contributed by atoms with E-state index in [4.69, 9.17) is 0 Å². The third kappa shape index (κ3) is 3.51. The van der Waals surface area contributed by atoms with Crippen LogP contribution in [0.4, 0.5) is 17.1 Å². The number of fused-ring (bicyclic) bond motifs is 6. The molecule has 42 heavy (non-hydrogen) atoms. The number of ketones is 2. The Labute approximate surface area is 241 Å². The molecule has 1 amide bonds. The lowest BCUT2D eigenvalue weighted by molar-refractivity contribution is -0.384. The zero-order chi connectivity index (χ0) is 29.2. The van der Waals surface area contributed by atoms with Gasteiger partial charge in [-0.2, -0.15) is 0 Å². The number of amides is 1. The maximum Gasteiger partial charge on any atom is 0.270 e. The number of Topliss-reactive ketones (excluding diaryl/α,β-unsaturated/α-hetero) is 2. The predicted octanol–water partition coefficient (Wildman–Crippen LogP) is 5.76. The zero-order valence-electron chi connectivity index (χ0n) is 22.6. The van der Waals surface area contributed by atoms with Crippen molar-refractivity contribution in [2.24, 2.45) is 5.92 Å². The van der Waals surface area contributed by atoms with E-state index in [0.717, 1.165) is 16.8 Å². The lowest BCUT2D eigenvalue weighted by Gasteiger charge is -2.37. The summed E-state index contributed by atoms with van der Waals surface area (Å²) in [4.78, 5) is 56.8. The Morgan fingerprint density at radius 2 is 1.62 bits per heavy atom. The van der Waals surface area contributed by atoms with E-state index in [-0.39, 0.29) is 22.9 Å². The van der Waals surface area contributed by atoms with Gasteiger partial charge in [0.1, 0.15) is 11.5 Å². The molecule has 3 aliphatic heterocycles. The van der Waals surface area contributed by atoms with E-state index in [1.807, 2.05) is 66.4 Å². The predicted molar refractivity (Wildman–Crippen MR) is 159 cm³/mol. The van der Waals surface area contributed by atoms with Crippen molar-refractivity contribution in [2.45, 2.75) is 24.4 Å². The maximum atomic E-state index is 14.8. The fraction of sp³-hybridized carbons (Fsp3) is 0.147. The molecule has 4 aromatic rings. The molecule has 0 saturated carbocycles. The summed E-state index contributed by atoms with van der Waals surface area (Å²) in [6.07, 6.45) is 3.86. The van der Waals surface area contributed by atoms with E-state index in [1.54, 1.807) is 30.3 Å². The summed E-state index contributed by atoms with van der Waals surface area (Å²) in [5.74, 6) is -2.39. The molecule has 4 atom stereocenters. The summed E-state index contributed by atoms with van der Waals surface area (Å²) < 4.78 is 0. The largest absolute Gasteiger partial charge is 0.352 e. The quantitative estimate of drug-likeness (QED) is 0.191. The maximum absolute atomic E-state index is 14.8. The monoisotopic (exact) mass is 555 g/mol. The Morgan fingerprint density at radius 1 is 0.881 bits per heavy atom. The average Bonchev–Trinajstić information content (AvgIpc) is 3.49. The average molecular weight is 556 g/mol. The molecule has 7 rings (SSSR count). The molecule has 8 nitrogen and oxygen atoms in total. The van der Waals surface area contributed by atoms with Crippen LogP contribution in [0.5, 0.6) is 0 Å². The smallest absolute Gasteiger partial charge is 0.270 e. The zero-order valence-corrected chi connectivity index (χ0v) is 22.6. The first-order valence-electron chi connectivity index (χ1n) is 13.7. The molecule has 1 saturated heterocycles. The second-order valence-electron chi connectivity index (χ2n) is 11.0. The SMILES string of the molecule is Cc1ccc2c(c1)C=C[C@H]1N2[C@H](C(=O)c2ccccc2)[C@@H](C(=O)c2cccc([N+](=O)[O-])c2)[C@]12C(=O)Nc1ccccc12. The molecule has 3 aliphatic rings. The number of nitro benzene ring substituents is 1. The molecular formula is C34H25N3O5. The molecule has 206 valence electrons. The number of anilines is 2. The second-order valence-corrected chi connectivity index (χ2v) is 11.0. The number of carbonyl (C=O) groups excluding carboxylic acids is 3. The van der Waals surface area contributed by atoms with Crippen LogP contribution >= 0.6 is 0 Å². The number of nitrogens with zero attached hydrogens (tertiary/aromatic N) is 2. The van der Waals surface area contributed by atoms with Crippen molar-refractivity contribution in [2.75, 3.05) is 10.2 Å². The molecule has 0 radical (unpaired) electrons. The molecule has 0 bridgehead atoms. The van der Waals surface area contributed by atoms with Crippen LogP contribution in [0.25, 0.3) is 6.08 Å². The Bertz CT molecular complexity index is 1850. The van der Waals surface area contributed by atoms with Crippen molar-refractivity contribution in [1.29, 1.82) is 0 Å². The van der Waals surface area contributed by atoms with Crippen LogP contribution in [0, 0.1) is 23.0 Å². The lowest BCUT2D eigenvalue weighted by atomic mass is 9.64. The van der Waals surface area contributed by atoms with Gasteiger partial charge in [-0.15, -0.1) is 0 Å². The molecule has 4 aromatic carbocycles. The number of nitro groups is 1. The van der Waals surface area contributed by atoms with Gasteiger partial charge in [0, 0.05) is 34.6 Å². The third-order valence-electron chi connectivity index (χ3n) is 8.74. The first kappa shape index (κ1) is 25.6. The number of hydrogen-bond donors (Lipinski definition) is 1. The standard InChI is InChI=1S/C34H25N3O5/c1-20-14-16-27-22(18-20)15-17-28-34(25-12-5-6-13-26(25)35-33(34)40)29(31(38)23-10-7-11-24(19-23)37(41)42)30(36(27)28)32(39)21-8-3-2-4-9-21/h2-19,28-30H,1H3,(H,35,40)/t28-,29+,30+,34-/m1/s1. The molecule has 1 fully saturated rings. The van der Waals surface area contributed by atoms with Gasteiger partial charge in [0.25, 0.3) is 5.69 Å². The molecule has 8 heteroatoms. The van der Waals surface area contributed by atoms with Crippen LogP contribution in [0.15, 0.2) is 103 Å². The van der Waals surface area contributed by atoms with Crippen LogP contribution in [-0.4, -0.2) is 34.5 Å². The molecule has 1 spiro atoms. The van der Waals surface area contributed by atoms with Gasteiger partial charge < -0.3 is 10.2 Å². The van der Waals surface area contributed by atoms with E-state index >= 15 is 0 Å². The Hall–Kier alpha value is -5.37. The summed E-state index contributed by atoms with van der Waals surface area (Å²) in [5, 5.41) is 14.6. The minimum atomic E-state index is -1.48. The van der Waals surface area contributed by atoms with Crippen LogP contribution in [0.2, 0.25) is 0 Å². The number of benzene rings is 4. The highest BCUT2D eigenvalue weighted by molar-refractivity contribution is 6.18. The van der Waals surface area contributed by atoms with Gasteiger partial charge in [-0.3, -0.25) is 24.5 Å². The van der Waals surface area contributed by atoms with Gasteiger partial charge in [0.2, 0.25) is 5.91 Å². The van der Waals surface area contributed by atoms with Crippen molar-refractivity contribution < 1.29 is 19.3 Å². The Kier molecular flexibility index (Phi) is 5.69. The molecule has 0 unspecified atom stereocenters. The molecule has 1 N–H and O–H groups in total. The van der Waals surface area contributed by atoms with Crippen LogP contribution in [0.3, 0.4) is 0 Å². The summed E-state index contributed by atoms with van der Waals surface area (Å²) in [6, 6.07) is 25.6. The first-order valence-corrected chi connectivity index (χ1v) is 13.7. The minimum absolute atomic E-state index is 0.0737. The van der Waals surface area contributed by atoms with Gasteiger partial charge in [0.15, 0.2) is 11.6 Å². The number of nitrogens with one attached hydrogen (secondary N) is 1. The number of para-hydroxylation sites is 1. The van der Waals surface area contributed by atoms with E-state index in [0.29, 0.717) is 16.8 Å². The van der Waals surface area contributed by atoms with Gasteiger partial charge >= 0.3 is 0 Å². The highest BCUT2D eigenvalue weighted by Crippen LogP contribution is 2.58. The molecule has 3 heterocycles.